The van der Waals surface area contributed by atoms with Crippen molar-refractivity contribution in [3.05, 3.63) is 39.4 Å². The molecule has 0 aromatic carbocycles. The molecular formula is C13H18N2O2S3. The van der Waals surface area contributed by atoms with Gasteiger partial charge in [0.25, 0.3) is 0 Å². The second-order valence-electron chi connectivity index (χ2n) is 4.50. The molecule has 2 aromatic heterocycles. The SMILES string of the molecule is Cc1ccc(S(=O)(=O)NCCN[C@@H](C)c2ccsc2)s1. The van der Waals surface area contributed by atoms with Crippen LogP contribution in [0.1, 0.15) is 23.4 Å². The molecule has 2 rings (SSSR count). The molecule has 0 spiro atoms. The van der Waals surface area contributed by atoms with Gasteiger partial charge in [-0.15, -0.1) is 11.3 Å². The Kier molecular flexibility index (Phi) is 5.34. The van der Waals surface area contributed by atoms with Gasteiger partial charge in [0.2, 0.25) is 10.0 Å². The van der Waals surface area contributed by atoms with Crippen molar-refractivity contribution in [2.75, 3.05) is 13.1 Å². The fraction of sp³-hybridized carbons (Fsp3) is 0.385. The van der Waals surface area contributed by atoms with Gasteiger partial charge in [-0.1, -0.05) is 0 Å². The minimum atomic E-state index is -3.36. The van der Waals surface area contributed by atoms with Crippen LogP contribution in [0.15, 0.2) is 33.2 Å². The Labute approximate surface area is 127 Å². The van der Waals surface area contributed by atoms with E-state index in [9.17, 15) is 8.42 Å². The Morgan fingerprint density at radius 1 is 1.25 bits per heavy atom. The molecule has 0 saturated heterocycles. The lowest BCUT2D eigenvalue weighted by molar-refractivity contribution is 0.555. The number of thiophene rings is 2. The van der Waals surface area contributed by atoms with Crippen molar-refractivity contribution in [1.82, 2.24) is 10.0 Å². The number of hydrogen-bond acceptors (Lipinski definition) is 5. The highest BCUT2D eigenvalue weighted by Crippen LogP contribution is 2.20. The average molecular weight is 330 g/mol. The van der Waals surface area contributed by atoms with Crippen molar-refractivity contribution in [2.24, 2.45) is 0 Å². The zero-order valence-electron chi connectivity index (χ0n) is 11.4. The summed E-state index contributed by atoms with van der Waals surface area (Å²) in [5.74, 6) is 0. The first-order valence-electron chi connectivity index (χ1n) is 6.30. The van der Waals surface area contributed by atoms with Gasteiger partial charge in [0.1, 0.15) is 4.21 Å². The first-order chi connectivity index (χ1) is 9.49. The molecule has 20 heavy (non-hydrogen) atoms. The maximum absolute atomic E-state index is 12.0. The highest BCUT2D eigenvalue weighted by Gasteiger charge is 2.15. The van der Waals surface area contributed by atoms with E-state index in [2.05, 4.69) is 28.4 Å². The smallest absolute Gasteiger partial charge is 0.250 e. The molecule has 0 fully saturated rings. The normalized spacial score (nSPS) is 13.5. The maximum atomic E-state index is 12.0. The molecule has 0 amide bonds. The molecule has 1 atom stereocenters. The highest BCUT2D eigenvalue weighted by atomic mass is 32.2. The lowest BCUT2D eigenvalue weighted by atomic mass is 10.2. The Bertz CT molecular complexity index is 632. The number of sulfonamides is 1. The van der Waals surface area contributed by atoms with E-state index >= 15 is 0 Å². The molecule has 0 radical (unpaired) electrons. The van der Waals surface area contributed by atoms with E-state index in [4.69, 9.17) is 0 Å². The third kappa shape index (κ3) is 4.13. The Morgan fingerprint density at radius 2 is 2.05 bits per heavy atom. The van der Waals surface area contributed by atoms with Crippen LogP contribution in [0, 0.1) is 6.92 Å². The van der Waals surface area contributed by atoms with Crippen molar-refractivity contribution in [2.45, 2.75) is 24.1 Å². The van der Waals surface area contributed by atoms with Gasteiger partial charge in [0.05, 0.1) is 0 Å². The maximum Gasteiger partial charge on any atom is 0.250 e. The zero-order chi connectivity index (χ0) is 14.6. The standard InChI is InChI=1S/C13H18N2O2S3/c1-10-3-4-13(19-10)20(16,17)15-7-6-14-11(2)12-5-8-18-9-12/h3-5,8-9,11,14-15H,6-7H2,1-2H3/t11-/m0/s1. The van der Waals surface area contributed by atoms with Crippen LogP contribution >= 0.6 is 22.7 Å². The van der Waals surface area contributed by atoms with Gasteiger partial charge in [-0.3, -0.25) is 0 Å². The lowest BCUT2D eigenvalue weighted by Crippen LogP contribution is -2.32. The number of aryl methyl sites for hydroxylation is 1. The average Bonchev–Trinajstić information content (AvgIpc) is 3.05. The summed E-state index contributed by atoms with van der Waals surface area (Å²) in [4.78, 5) is 0.995. The molecule has 0 saturated carbocycles. The summed E-state index contributed by atoms with van der Waals surface area (Å²) in [5.41, 5.74) is 1.23. The lowest BCUT2D eigenvalue weighted by Gasteiger charge is -2.12. The fourth-order valence-electron chi connectivity index (χ4n) is 1.74. The third-order valence-electron chi connectivity index (χ3n) is 2.89. The van der Waals surface area contributed by atoms with Crippen LogP contribution < -0.4 is 10.0 Å². The molecular weight excluding hydrogens is 312 g/mol. The predicted molar refractivity (Wildman–Crippen MR) is 85.0 cm³/mol. The van der Waals surface area contributed by atoms with Crippen molar-refractivity contribution in [1.29, 1.82) is 0 Å². The Morgan fingerprint density at radius 3 is 2.65 bits per heavy atom. The molecule has 2 aromatic rings. The summed E-state index contributed by atoms with van der Waals surface area (Å²) in [7, 11) is -3.36. The summed E-state index contributed by atoms with van der Waals surface area (Å²) in [5, 5.41) is 7.43. The van der Waals surface area contributed by atoms with E-state index in [1.807, 2.05) is 18.4 Å². The molecule has 2 heterocycles. The first-order valence-corrected chi connectivity index (χ1v) is 9.55. The van der Waals surface area contributed by atoms with Gasteiger partial charge < -0.3 is 5.32 Å². The summed E-state index contributed by atoms with van der Waals surface area (Å²) < 4.78 is 27.0. The molecule has 0 aliphatic carbocycles. The largest absolute Gasteiger partial charge is 0.309 e. The van der Waals surface area contributed by atoms with Gasteiger partial charge >= 0.3 is 0 Å². The first kappa shape index (κ1) is 15.7. The summed E-state index contributed by atoms with van der Waals surface area (Å²) >= 11 is 2.95. The topological polar surface area (TPSA) is 58.2 Å². The summed E-state index contributed by atoms with van der Waals surface area (Å²) in [6.07, 6.45) is 0. The number of hydrogen-bond donors (Lipinski definition) is 2. The van der Waals surface area contributed by atoms with Gasteiger partial charge in [-0.2, -0.15) is 11.3 Å². The molecule has 2 N–H and O–H groups in total. The molecule has 7 heteroatoms. The molecule has 4 nitrogen and oxygen atoms in total. The molecule has 0 unspecified atom stereocenters. The quantitative estimate of drug-likeness (QED) is 0.768. The zero-order valence-corrected chi connectivity index (χ0v) is 13.9. The molecule has 0 aliphatic heterocycles. The third-order valence-corrected chi connectivity index (χ3v) is 6.55. The van der Waals surface area contributed by atoms with Crippen LogP contribution in [-0.2, 0) is 10.0 Å². The van der Waals surface area contributed by atoms with E-state index in [-0.39, 0.29) is 6.04 Å². The minimum Gasteiger partial charge on any atom is -0.309 e. The van der Waals surface area contributed by atoms with Crippen molar-refractivity contribution in [3.63, 3.8) is 0 Å². The van der Waals surface area contributed by atoms with Crippen molar-refractivity contribution < 1.29 is 8.42 Å². The van der Waals surface area contributed by atoms with Crippen LogP contribution in [0.4, 0.5) is 0 Å². The number of nitrogens with one attached hydrogen (secondary N) is 2. The van der Waals surface area contributed by atoms with Gasteiger partial charge in [0.15, 0.2) is 0 Å². The summed E-state index contributed by atoms with van der Waals surface area (Å²) in [6, 6.07) is 5.76. The fourth-order valence-corrected chi connectivity index (χ4v) is 4.85. The van der Waals surface area contributed by atoms with Crippen LogP contribution in [-0.4, -0.2) is 21.5 Å². The molecule has 0 bridgehead atoms. The van der Waals surface area contributed by atoms with Crippen LogP contribution in [0.2, 0.25) is 0 Å². The van der Waals surface area contributed by atoms with E-state index in [0.29, 0.717) is 17.3 Å². The van der Waals surface area contributed by atoms with Crippen molar-refractivity contribution in [3.8, 4) is 0 Å². The number of rotatable bonds is 7. The van der Waals surface area contributed by atoms with Crippen LogP contribution in [0.3, 0.4) is 0 Å². The van der Waals surface area contributed by atoms with Gasteiger partial charge in [-0.05, 0) is 48.4 Å². The minimum absolute atomic E-state index is 0.231. The van der Waals surface area contributed by atoms with Crippen LogP contribution in [0.5, 0.6) is 0 Å². The predicted octanol–water partition coefficient (Wildman–Crippen LogP) is 2.75. The second kappa shape index (κ2) is 6.82. The molecule has 0 aliphatic rings. The van der Waals surface area contributed by atoms with Crippen molar-refractivity contribution >= 4 is 32.7 Å². The summed E-state index contributed by atoms with van der Waals surface area (Å²) in [6.45, 7) is 4.95. The van der Waals surface area contributed by atoms with E-state index in [1.54, 1.807) is 17.4 Å². The Balaban J connectivity index is 1.78. The second-order valence-corrected chi connectivity index (χ2v) is 8.56. The van der Waals surface area contributed by atoms with E-state index in [1.165, 1.54) is 16.9 Å². The van der Waals surface area contributed by atoms with Gasteiger partial charge in [0, 0.05) is 24.0 Å². The van der Waals surface area contributed by atoms with E-state index < -0.39 is 10.0 Å². The van der Waals surface area contributed by atoms with Crippen LogP contribution in [0.25, 0.3) is 0 Å². The highest BCUT2D eigenvalue weighted by molar-refractivity contribution is 7.91. The monoisotopic (exact) mass is 330 g/mol. The van der Waals surface area contributed by atoms with Gasteiger partial charge in [-0.25, -0.2) is 13.1 Å². The molecule has 110 valence electrons. The van der Waals surface area contributed by atoms with E-state index in [0.717, 1.165) is 4.88 Å². The Hall–Kier alpha value is -0.730.